The molecule has 1 aliphatic heterocycles. The summed E-state index contributed by atoms with van der Waals surface area (Å²) >= 11 is 0. The second-order valence-corrected chi connectivity index (χ2v) is 3.83. The van der Waals surface area contributed by atoms with Crippen LogP contribution in [0.2, 0.25) is 0 Å². The minimum absolute atomic E-state index is 0.363. The third-order valence-electron chi connectivity index (χ3n) is 2.53. The number of esters is 1. The van der Waals surface area contributed by atoms with Crippen LogP contribution in [-0.4, -0.2) is 22.3 Å². The lowest BCUT2D eigenvalue weighted by atomic mass is 10.1. The van der Waals surface area contributed by atoms with Crippen LogP contribution in [0.3, 0.4) is 0 Å². The molecule has 18 heavy (non-hydrogen) atoms. The largest absolute Gasteiger partial charge is 0.505 e. The molecular weight excluding hydrogens is 232 g/mol. The third kappa shape index (κ3) is 2.64. The highest BCUT2D eigenvalue weighted by Crippen LogP contribution is 2.21. The number of rotatable bonds is 2. The quantitative estimate of drug-likeness (QED) is 0.617. The van der Waals surface area contributed by atoms with Crippen molar-refractivity contribution in [2.75, 3.05) is 0 Å². The van der Waals surface area contributed by atoms with Crippen molar-refractivity contribution in [2.45, 2.75) is 18.9 Å². The number of hydrogen-bond donors (Lipinski definition) is 2. The molecule has 2 rings (SSSR count). The summed E-state index contributed by atoms with van der Waals surface area (Å²) in [6, 6.07) is 9.50. The summed E-state index contributed by atoms with van der Waals surface area (Å²) in [5.41, 5.74) is 0.906. The molecule has 0 aliphatic carbocycles. The van der Waals surface area contributed by atoms with Crippen LogP contribution in [0.5, 0.6) is 0 Å². The first-order valence-corrected chi connectivity index (χ1v) is 5.55. The predicted octanol–water partition coefficient (Wildman–Crippen LogP) is 2.07. The number of ether oxygens (including phenoxy) is 1. The van der Waals surface area contributed by atoms with Gasteiger partial charge in [-0.3, -0.25) is 0 Å². The van der Waals surface area contributed by atoms with Crippen molar-refractivity contribution in [1.29, 1.82) is 0 Å². The van der Waals surface area contributed by atoms with Crippen molar-refractivity contribution < 1.29 is 19.7 Å². The van der Waals surface area contributed by atoms with Gasteiger partial charge in [-0.25, -0.2) is 4.79 Å². The van der Waals surface area contributed by atoms with Crippen LogP contribution >= 0.6 is 0 Å². The van der Waals surface area contributed by atoms with Gasteiger partial charge in [0, 0.05) is 18.4 Å². The minimum Gasteiger partial charge on any atom is -0.505 e. The minimum atomic E-state index is -0.881. The van der Waals surface area contributed by atoms with Crippen LogP contribution in [0.15, 0.2) is 41.9 Å². The molecule has 0 bridgehead atoms. The molecule has 0 saturated carbocycles. The van der Waals surface area contributed by atoms with Gasteiger partial charge in [-0.1, -0.05) is 30.0 Å². The molecule has 1 heterocycles. The summed E-state index contributed by atoms with van der Waals surface area (Å²) in [5.74, 6) is 3.90. The highest BCUT2D eigenvalue weighted by molar-refractivity contribution is 5.88. The fourth-order valence-corrected chi connectivity index (χ4v) is 1.58. The zero-order chi connectivity index (χ0) is 13.0. The average molecular weight is 244 g/mol. The van der Waals surface area contributed by atoms with Gasteiger partial charge in [0.05, 0.1) is 0 Å². The Hall–Kier alpha value is -2.41. The Morgan fingerprint density at radius 2 is 1.94 bits per heavy atom. The van der Waals surface area contributed by atoms with Gasteiger partial charge in [0.25, 0.3) is 0 Å². The van der Waals surface area contributed by atoms with Gasteiger partial charge >= 0.3 is 5.97 Å². The zero-order valence-electron chi connectivity index (χ0n) is 9.59. The number of aliphatic hydroxyl groups is 2. The van der Waals surface area contributed by atoms with E-state index in [1.807, 2.05) is 30.3 Å². The lowest BCUT2D eigenvalue weighted by Crippen LogP contribution is -2.11. The molecule has 0 saturated heterocycles. The molecule has 0 amide bonds. The van der Waals surface area contributed by atoms with Crippen molar-refractivity contribution in [2.24, 2.45) is 0 Å². The second-order valence-electron chi connectivity index (χ2n) is 3.83. The highest BCUT2D eigenvalue weighted by atomic mass is 16.6. The molecule has 0 spiro atoms. The maximum atomic E-state index is 10.9. The van der Waals surface area contributed by atoms with Gasteiger partial charge in [0.2, 0.25) is 5.76 Å². The van der Waals surface area contributed by atoms with E-state index in [1.165, 1.54) is 0 Å². The monoisotopic (exact) mass is 244 g/mol. The lowest BCUT2D eigenvalue weighted by molar-refractivity contribution is -0.142. The molecule has 0 fully saturated rings. The van der Waals surface area contributed by atoms with Gasteiger partial charge in [-0.15, -0.1) is 0 Å². The van der Waals surface area contributed by atoms with E-state index in [2.05, 4.69) is 11.8 Å². The Balaban J connectivity index is 1.88. The maximum absolute atomic E-state index is 10.9. The summed E-state index contributed by atoms with van der Waals surface area (Å²) in [6.45, 7) is 0. The number of carbonyl (C=O) groups excluding carboxylic acids is 1. The third-order valence-corrected chi connectivity index (χ3v) is 2.53. The van der Waals surface area contributed by atoms with E-state index in [0.717, 1.165) is 5.56 Å². The molecule has 2 N–H and O–H groups in total. The number of carbonyl (C=O) groups is 1. The Morgan fingerprint density at radius 1 is 1.22 bits per heavy atom. The molecule has 1 aromatic rings. The van der Waals surface area contributed by atoms with Gasteiger partial charge in [0.1, 0.15) is 0 Å². The molecule has 4 heteroatoms. The topological polar surface area (TPSA) is 66.8 Å². The van der Waals surface area contributed by atoms with E-state index >= 15 is 0 Å². The van der Waals surface area contributed by atoms with E-state index in [-0.39, 0.29) is 0 Å². The van der Waals surface area contributed by atoms with Gasteiger partial charge < -0.3 is 14.9 Å². The van der Waals surface area contributed by atoms with E-state index in [4.69, 9.17) is 9.84 Å². The predicted molar refractivity (Wildman–Crippen MR) is 64.7 cm³/mol. The highest BCUT2D eigenvalue weighted by Gasteiger charge is 2.33. The van der Waals surface area contributed by atoms with Crippen molar-refractivity contribution >= 4 is 5.97 Å². The van der Waals surface area contributed by atoms with Gasteiger partial charge in [-0.05, 0) is 12.1 Å². The molecule has 1 atom stereocenters. The molecule has 4 nitrogen and oxygen atoms in total. The fourth-order valence-electron chi connectivity index (χ4n) is 1.58. The van der Waals surface area contributed by atoms with Crippen LogP contribution < -0.4 is 0 Å². The molecule has 0 aromatic heterocycles. The lowest BCUT2D eigenvalue weighted by Gasteiger charge is -2.06. The van der Waals surface area contributed by atoms with Crippen molar-refractivity contribution in [1.82, 2.24) is 0 Å². The summed E-state index contributed by atoms with van der Waals surface area (Å²) in [4.78, 5) is 10.9. The Bertz CT molecular complexity index is 534. The van der Waals surface area contributed by atoms with Crippen molar-refractivity contribution in [3.05, 3.63) is 47.4 Å². The average Bonchev–Trinajstić information content (AvgIpc) is 2.64. The van der Waals surface area contributed by atoms with Crippen LogP contribution in [0.4, 0.5) is 0 Å². The Morgan fingerprint density at radius 3 is 2.56 bits per heavy atom. The summed E-state index contributed by atoms with van der Waals surface area (Å²) in [5, 5.41) is 18.5. The molecule has 1 aromatic carbocycles. The number of hydrogen-bond acceptors (Lipinski definition) is 4. The number of aliphatic hydroxyl groups excluding tert-OH is 2. The molecule has 1 aliphatic rings. The smallest absolute Gasteiger partial charge is 0.377 e. The van der Waals surface area contributed by atoms with Crippen LogP contribution in [0.25, 0.3) is 0 Å². The summed E-state index contributed by atoms with van der Waals surface area (Å²) < 4.78 is 4.76. The normalized spacial score (nSPS) is 18.2. The van der Waals surface area contributed by atoms with E-state index in [0.29, 0.717) is 12.8 Å². The summed E-state index contributed by atoms with van der Waals surface area (Å²) in [7, 11) is 0. The molecule has 1 unspecified atom stereocenters. The molecule has 0 radical (unpaired) electrons. The van der Waals surface area contributed by atoms with Crippen LogP contribution in [0, 0.1) is 11.8 Å². The number of benzene rings is 1. The standard InChI is InChI=1S/C14H12O4/c15-12-11(18-14(17)13(12)16)9-5-4-8-10-6-2-1-3-7-10/h1-3,6-7,11,15-16H,5,9H2. The van der Waals surface area contributed by atoms with Crippen molar-refractivity contribution in [3.63, 3.8) is 0 Å². The first kappa shape index (κ1) is 12.1. The first-order valence-electron chi connectivity index (χ1n) is 5.55. The van der Waals surface area contributed by atoms with E-state index < -0.39 is 23.6 Å². The second kappa shape index (κ2) is 5.28. The van der Waals surface area contributed by atoms with Crippen molar-refractivity contribution in [3.8, 4) is 11.8 Å². The first-order chi connectivity index (χ1) is 8.68. The SMILES string of the molecule is O=C1OC(CCC#Cc2ccccc2)C(O)=C1O. The van der Waals surface area contributed by atoms with Gasteiger partial charge in [-0.2, -0.15) is 0 Å². The van der Waals surface area contributed by atoms with E-state index in [1.54, 1.807) is 0 Å². The maximum Gasteiger partial charge on any atom is 0.377 e. The number of cyclic esters (lactones) is 1. The van der Waals surface area contributed by atoms with Gasteiger partial charge in [0.15, 0.2) is 11.9 Å². The fraction of sp³-hybridized carbons (Fsp3) is 0.214. The molecule has 92 valence electrons. The van der Waals surface area contributed by atoms with E-state index in [9.17, 15) is 9.90 Å². The zero-order valence-corrected chi connectivity index (χ0v) is 9.59. The van der Waals surface area contributed by atoms with Crippen LogP contribution in [0.1, 0.15) is 18.4 Å². The Kier molecular flexibility index (Phi) is 3.54. The van der Waals surface area contributed by atoms with Crippen LogP contribution in [-0.2, 0) is 9.53 Å². The Labute approximate surface area is 105 Å². The molecular formula is C14H12O4. The summed E-state index contributed by atoms with van der Waals surface area (Å²) in [6.07, 6.45) is 0.0497.